The summed E-state index contributed by atoms with van der Waals surface area (Å²) in [5.41, 5.74) is 1.90. The Kier molecular flexibility index (Phi) is 7.85. The normalized spacial score (nSPS) is 15.8. The fraction of sp³-hybridized carbons (Fsp3) is 0.522. The zero-order chi connectivity index (χ0) is 21.4. The molecule has 0 saturated heterocycles. The molecule has 7 heteroatoms. The number of aliphatic imine (C=N–C) groups is 1. The van der Waals surface area contributed by atoms with Crippen LogP contribution < -0.4 is 10.6 Å². The van der Waals surface area contributed by atoms with Gasteiger partial charge in [-0.15, -0.1) is 11.3 Å². The first kappa shape index (κ1) is 22.3. The largest absolute Gasteiger partial charge is 0.357 e. The summed E-state index contributed by atoms with van der Waals surface area (Å²) < 4.78 is 0. The second-order valence-electron chi connectivity index (χ2n) is 8.07. The molecule has 0 bridgehead atoms. The monoisotopic (exact) mass is 427 g/mol. The van der Waals surface area contributed by atoms with Gasteiger partial charge < -0.3 is 15.5 Å². The molecule has 6 nitrogen and oxygen atoms in total. The van der Waals surface area contributed by atoms with Gasteiger partial charge in [0.05, 0.1) is 17.7 Å². The average molecular weight is 428 g/mol. The van der Waals surface area contributed by atoms with Gasteiger partial charge in [0.2, 0.25) is 5.91 Å². The third-order valence-electron chi connectivity index (χ3n) is 5.55. The van der Waals surface area contributed by atoms with E-state index >= 15 is 0 Å². The quantitative estimate of drug-likeness (QED) is 0.499. The van der Waals surface area contributed by atoms with Gasteiger partial charge in [-0.3, -0.25) is 9.79 Å². The molecule has 0 radical (unpaired) electrons. The zero-order valence-corrected chi connectivity index (χ0v) is 19.1. The Hall–Kier alpha value is -2.41. The summed E-state index contributed by atoms with van der Waals surface area (Å²) in [7, 11) is 3.68. The molecule has 3 rings (SSSR count). The lowest BCUT2D eigenvalue weighted by Crippen LogP contribution is -2.43. The summed E-state index contributed by atoms with van der Waals surface area (Å²) in [6, 6.07) is 10.3. The highest BCUT2D eigenvalue weighted by Crippen LogP contribution is 2.39. The maximum Gasteiger partial charge on any atom is 0.230 e. The molecule has 1 amide bonds. The highest BCUT2D eigenvalue weighted by molar-refractivity contribution is 7.13. The van der Waals surface area contributed by atoms with Crippen molar-refractivity contribution in [3.63, 3.8) is 0 Å². The van der Waals surface area contributed by atoms with Gasteiger partial charge in [-0.05, 0) is 19.8 Å². The number of hydrogen-bond acceptors (Lipinski definition) is 4. The molecule has 1 aliphatic carbocycles. The third-order valence-corrected chi connectivity index (χ3v) is 6.49. The van der Waals surface area contributed by atoms with Crippen LogP contribution in [0.5, 0.6) is 0 Å². The average Bonchev–Trinajstić information content (AvgIpc) is 3.42. The number of benzene rings is 1. The van der Waals surface area contributed by atoms with E-state index in [1.165, 1.54) is 0 Å². The Bertz CT molecular complexity index is 840. The van der Waals surface area contributed by atoms with Crippen molar-refractivity contribution >= 4 is 23.2 Å². The van der Waals surface area contributed by atoms with E-state index in [1.54, 1.807) is 16.2 Å². The van der Waals surface area contributed by atoms with Crippen molar-refractivity contribution in [2.24, 2.45) is 10.4 Å². The molecule has 1 saturated carbocycles. The summed E-state index contributed by atoms with van der Waals surface area (Å²) in [5, 5.41) is 9.89. The highest BCUT2D eigenvalue weighted by atomic mass is 32.1. The molecule has 1 aromatic heterocycles. The molecule has 30 heavy (non-hydrogen) atoms. The summed E-state index contributed by atoms with van der Waals surface area (Å²) in [6.07, 6.45) is 4.89. The second-order valence-corrected chi connectivity index (χ2v) is 8.93. The van der Waals surface area contributed by atoms with Crippen LogP contribution in [0.4, 0.5) is 0 Å². The Balaban J connectivity index is 1.58. The lowest BCUT2D eigenvalue weighted by Gasteiger charge is -2.29. The van der Waals surface area contributed by atoms with Gasteiger partial charge >= 0.3 is 0 Å². The first-order valence-corrected chi connectivity index (χ1v) is 11.7. The van der Waals surface area contributed by atoms with E-state index < -0.39 is 0 Å². The summed E-state index contributed by atoms with van der Waals surface area (Å²) >= 11 is 1.68. The Morgan fingerprint density at radius 2 is 1.93 bits per heavy atom. The van der Waals surface area contributed by atoms with E-state index in [1.807, 2.05) is 32.3 Å². The van der Waals surface area contributed by atoms with Crippen LogP contribution in [0.25, 0.3) is 10.6 Å². The summed E-state index contributed by atoms with van der Waals surface area (Å²) in [6.45, 7) is 4.13. The summed E-state index contributed by atoms with van der Waals surface area (Å²) in [4.78, 5) is 24.0. The van der Waals surface area contributed by atoms with Crippen molar-refractivity contribution in [3.05, 3.63) is 41.4 Å². The molecule has 1 fully saturated rings. The van der Waals surface area contributed by atoms with E-state index in [4.69, 9.17) is 9.98 Å². The van der Waals surface area contributed by atoms with Crippen LogP contribution in [-0.4, -0.2) is 55.5 Å². The maximum atomic E-state index is 12.8. The van der Waals surface area contributed by atoms with Gasteiger partial charge in [0.25, 0.3) is 0 Å². The van der Waals surface area contributed by atoms with Crippen molar-refractivity contribution in [3.8, 4) is 10.6 Å². The van der Waals surface area contributed by atoms with Gasteiger partial charge in [-0.25, -0.2) is 4.98 Å². The molecule has 1 heterocycles. The Labute approximate surface area is 183 Å². The molecule has 2 aromatic rings. The van der Waals surface area contributed by atoms with E-state index in [0.717, 1.165) is 67.4 Å². The number of nitrogens with one attached hydrogen (secondary N) is 2. The van der Waals surface area contributed by atoms with Crippen molar-refractivity contribution in [2.45, 2.75) is 39.0 Å². The van der Waals surface area contributed by atoms with Crippen molar-refractivity contribution in [1.82, 2.24) is 20.5 Å². The van der Waals surface area contributed by atoms with E-state index in [2.05, 4.69) is 35.1 Å². The minimum absolute atomic E-state index is 0.204. The van der Waals surface area contributed by atoms with Crippen LogP contribution in [0.2, 0.25) is 0 Å². The van der Waals surface area contributed by atoms with Crippen LogP contribution in [0.15, 0.2) is 40.7 Å². The molecular formula is C23H33N5OS. The number of amides is 1. The predicted molar refractivity (Wildman–Crippen MR) is 125 cm³/mol. The second kappa shape index (κ2) is 10.6. The standard InChI is InChI=1S/C23H33N5OS/c1-4-24-22(26-17-23(13-8-9-14-23)21(29)28(2)3)25-15-12-19-16-30-20(27-19)18-10-6-5-7-11-18/h5-7,10-11,16H,4,8-9,12-15,17H2,1-3H3,(H2,24,25,26). The lowest BCUT2D eigenvalue weighted by molar-refractivity contribution is -0.138. The fourth-order valence-electron chi connectivity index (χ4n) is 3.98. The molecule has 0 atom stereocenters. The number of rotatable bonds is 8. The fourth-order valence-corrected chi connectivity index (χ4v) is 4.84. The number of carbonyl (C=O) groups is 1. The van der Waals surface area contributed by atoms with Gasteiger partial charge in [0, 0.05) is 44.5 Å². The molecule has 162 valence electrons. The number of hydrogen-bond donors (Lipinski definition) is 2. The van der Waals surface area contributed by atoms with Gasteiger partial charge in [0.15, 0.2) is 5.96 Å². The zero-order valence-electron chi connectivity index (χ0n) is 18.3. The predicted octanol–water partition coefficient (Wildman–Crippen LogP) is 3.56. The highest BCUT2D eigenvalue weighted by Gasteiger charge is 2.42. The molecule has 0 spiro atoms. The molecule has 1 aliphatic rings. The van der Waals surface area contributed by atoms with Gasteiger partial charge in [0.1, 0.15) is 5.01 Å². The van der Waals surface area contributed by atoms with E-state index in [-0.39, 0.29) is 11.3 Å². The molecule has 2 N–H and O–H groups in total. The number of thiazole rings is 1. The smallest absolute Gasteiger partial charge is 0.230 e. The minimum atomic E-state index is -0.342. The molecule has 0 unspecified atom stereocenters. The van der Waals surface area contributed by atoms with Crippen LogP contribution in [0.3, 0.4) is 0 Å². The SMILES string of the molecule is CCNC(=NCC1(C(=O)N(C)C)CCCC1)NCCc1csc(-c2ccccc2)n1. The van der Waals surface area contributed by atoms with Gasteiger partial charge in [-0.2, -0.15) is 0 Å². The van der Waals surface area contributed by atoms with Crippen LogP contribution in [-0.2, 0) is 11.2 Å². The Morgan fingerprint density at radius 1 is 1.20 bits per heavy atom. The van der Waals surface area contributed by atoms with E-state index in [9.17, 15) is 4.79 Å². The molecule has 0 aliphatic heterocycles. The van der Waals surface area contributed by atoms with E-state index in [0.29, 0.717) is 6.54 Å². The van der Waals surface area contributed by atoms with Crippen LogP contribution in [0, 0.1) is 5.41 Å². The number of nitrogens with zero attached hydrogens (tertiary/aromatic N) is 3. The van der Waals surface area contributed by atoms with Gasteiger partial charge in [-0.1, -0.05) is 43.2 Å². The first-order valence-electron chi connectivity index (χ1n) is 10.8. The number of carbonyl (C=O) groups excluding carboxylic acids is 1. The van der Waals surface area contributed by atoms with Crippen LogP contribution in [0.1, 0.15) is 38.3 Å². The lowest BCUT2D eigenvalue weighted by atomic mass is 9.85. The Morgan fingerprint density at radius 3 is 2.60 bits per heavy atom. The van der Waals surface area contributed by atoms with Crippen molar-refractivity contribution in [1.29, 1.82) is 0 Å². The van der Waals surface area contributed by atoms with Crippen molar-refractivity contribution < 1.29 is 4.79 Å². The maximum absolute atomic E-state index is 12.8. The topological polar surface area (TPSA) is 69.6 Å². The van der Waals surface area contributed by atoms with Crippen LogP contribution >= 0.6 is 11.3 Å². The number of aromatic nitrogens is 1. The van der Waals surface area contributed by atoms with Crippen molar-refractivity contribution in [2.75, 3.05) is 33.7 Å². The molecule has 1 aromatic carbocycles. The summed E-state index contributed by atoms with van der Waals surface area (Å²) in [5.74, 6) is 0.976. The molecular weight excluding hydrogens is 394 g/mol. The number of guanidine groups is 1. The minimum Gasteiger partial charge on any atom is -0.357 e. The third kappa shape index (κ3) is 5.59. The first-order chi connectivity index (χ1) is 14.5.